The molecule has 1 aromatic carbocycles. The van der Waals surface area contributed by atoms with E-state index in [2.05, 4.69) is 4.74 Å². The fourth-order valence-corrected chi connectivity index (χ4v) is 1.20. The molecule has 1 rings (SSSR count). The summed E-state index contributed by atoms with van der Waals surface area (Å²) in [4.78, 5) is 22.2. The summed E-state index contributed by atoms with van der Waals surface area (Å²) in [6.45, 7) is -1.95. The van der Waals surface area contributed by atoms with E-state index in [0.29, 0.717) is 5.56 Å². The molecule has 1 N–H and O–H groups in total. The molecule has 0 radical (unpaired) electrons. The number of carbonyl (C=O) groups is 2. The van der Waals surface area contributed by atoms with Crippen molar-refractivity contribution in [3.05, 3.63) is 29.8 Å². The van der Waals surface area contributed by atoms with Crippen LogP contribution in [0, 0.1) is 0 Å². The molecule has 1 aromatic rings. The first-order chi connectivity index (χ1) is 9.31. The van der Waals surface area contributed by atoms with Crippen molar-refractivity contribution in [2.45, 2.75) is 6.18 Å². The maximum Gasteiger partial charge on any atom is 0.405 e. The van der Waals surface area contributed by atoms with Crippen molar-refractivity contribution >= 4 is 11.9 Å². The Morgan fingerprint density at radius 3 is 2.30 bits per heavy atom. The third-order valence-corrected chi connectivity index (χ3v) is 2.13. The Hall–Kier alpha value is -2.25. The molecule has 0 aliphatic rings. The molecular formula is C12H12F3NO4. The van der Waals surface area contributed by atoms with E-state index < -0.39 is 31.2 Å². The predicted octanol–water partition coefficient (Wildman–Crippen LogP) is 1.53. The second kappa shape index (κ2) is 6.78. The summed E-state index contributed by atoms with van der Waals surface area (Å²) < 4.78 is 45.0. The molecular weight excluding hydrogens is 279 g/mol. The molecule has 0 fully saturated rings. The van der Waals surface area contributed by atoms with Crippen LogP contribution < -0.4 is 10.1 Å². The zero-order chi connectivity index (χ0) is 15.2. The van der Waals surface area contributed by atoms with Gasteiger partial charge in [-0.2, -0.15) is 13.2 Å². The lowest BCUT2D eigenvalue weighted by atomic mass is 10.2. The summed E-state index contributed by atoms with van der Waals surface area (Å²) in [6.07, 6.45) is -4.46. The lowest BCUT2D eigenvalue weighted by molar-refractivity contribution is -0.139. The van der Waals surface area contributed by atoms with Crippen LogP contribution in [0.25, 0.3) is 0 Å². The third kappa shape index (κ3) is 5.59. The zero-order valence-electron chi connectivity index (χ0n) is 10.5. The Balaban J connectivity index is 2.42. The molecule has 0 atom stereocenters. The molecule has 0 aliphatic carbocycles. The van der Waals surface area contributed by atoms with Crippen LogP contribution in [0.15, 0.2) is 24.3 Å². The Morgan fingerprint density at radius 2 is 1.80 bits per heavy atom. The van der Waals surface area contributed by atoms with Crippen LogP contribution in [-0.2, 0) is 9.53 Å². The van der Waals surface area contributed by atoms with E-state index in [4.69, 9.17) is 4.74 Å². The maximum atomic E-state index is 11.8. The number of hydrogen-bond acceptors (Lipinski definition) is 4. The quantitative estimate of drug-likeness (QED) is 0.836. The van der Waals surface area contributed by atoms with Gasteiger partial charge in [-0.05, 0) is 24.3 Å². The van der Waals surface area contributed by atoms with E-state index in [0.717, 1.165) is 0 Å². The van der Waals surface area contributed by atoms with Crippen molar-refractivity contribution in [2.24, 2.45) is 0 Å². The fraction of sp³-hybridized carbons (Fsp3) is 0.333. The topological polar surface area (TPSA) is 64.6 Å². The minimum absolute atomic E-state index is 0.250. The molecule has 0 spiro atoms. The van der Waals surface area contributed by atoms with Gasteiger partial charge in [-0.15, -0.1) is 0 Å². The summed E-state index contributed by atoms with van der Waals surface area (Å²) in [6, 6.07) is 5.64. The highest BCUT2D eigenvalue weighted by atomic mass is 19.4. The van der Waals surface area contributed by atoms with Crippen LogP contribution >= 0.6 is 0 Å². The molecule has 20 heavy (non-hydrogen) atoms. The number of nitrogens with one attached hydrogen (secondary N) is 1. The van der Waals surface area contributed by atoms with E-state index in [1.807, 2.05) is 0 Å². The van der Waals surface area contributed by atoms with Crippen molar-refractivity contribution in [2.75, 3.05) is 20.3 Å². The smallest absolute Gasteiger partial charge is 0.405 e. The van der Waals surface area contributed by atoms with Gasteiger partial charge >= 0.3 is 12.1 Å². The van der Waals surface area contributed by atoms with Crippen molar-refractivity contribution in [1.29, 1.82) is 0 Å². The number of halogens is 3. The van der Waals surface area contributed by atoms with E-state index in [-0.39, 0.29) is 5.75 Å². The van der Waals surface area contributed by atoms with Gasteiger partial charge in [-0.3, -0.25) is 4.79 Å². The summed E-state index contributed by atoms with van der Waals surface area (Å²) >= 11 is 0. The van der Waals surface area contributed by atoms with Gasteiger partial charge in [0.05, 0.1) is 12.7 Å². The lowest BCUT2D eigenvalue weighted by Gasteiger charge is -2.09. The van der Waals surface area contributed by atoms with E-state index in [9.17, 15) is 22.8 Å². The number of benzene rings is 1. The number of ether oxygens (including phenoxy) is 2. The first-order valence-corrected chi connectivity index (χ1v) is 5.46. The van der Waals surface area contributed by atoms with Gasteiger partial charge in [-0.1, -0.05) is 0 Å². The van der Waals surface area contributed by atoms with Gasteiger partial charge in [0.15, 0.2) is 6.61 Å². The summed E-state index contributed by atoms with van der Waals surface area (Å²) in [5.74, 6) is -1.17. The first kappa shape index (κ1) is 15.8. The molecule has 110 valence electrons. The van der Waals surface area contributed by atoms with Gasteiger partial charge in [0.2, 0.25) is 0 Å². The minimum Gasteiger partial charge on any atom is -0.484 e. The monoisotopic (exact) mass is 291 g/mol. The number of rotatable bonds is 5. The average Bonchev–Trinajstić information content (AvgIpc) is 2.41. The predicted molar refractivity (Wildman–Crippen MR) is 62.3 cm³/mol. The van der Waals surface area contributed by atoms with Crippen LogP contribution in [0.2, 0.25) is 0 Å². The Bertz CT molecular complexity index is 471. The van der Waals surface area contributed by atoms with Gasteiger partial charge in [0.25, 0.3) is 5.91 Å². The summed E-state index contributed by atoms with van der Waals surface area (Å²) in [5.41, 5.74) is 0.293. The van der Waals surface area contributed by atoms with E-state index >= 15 is 0 Å². The molecule has 8 heteroatoms. The van der Waals surface area contributed by atoms with Gasteiger partial charge < -0.3 is 14.8 Å². The molecule has 0 aromatic heterocycles. The van der Waals surface area contributed by atoms with Gasteiger partial charge in [0, 0.05) is 0 Å². The van der Waals surface area contributed by atoms with Crippen molar-refractivity contribution < 1.29 is 32.2 Å². The van der Waals surface area contributed by atoms with Crippen molar-refractivity contribution in [3.8, 4) is 5.75 Å². The van der Waals surface area contributed by atoms with E-state index in [1.54, 1.807) is 5.32 Å². The summed E-state index contributed by atoms with van der Waals surface area (Å²) in [7, 11) is 1.23. The minimum atomic E-state index is -4.46. The zero-order valence-corrected chi connectivity index (χ0v) is 10.5. The fourth-order valence-electron chi connectivity index (χ4n) is 1.20. The van der Waals surface area contributed by atoms with Crippen LogP contribution in [0.3, 0.4) is 0 Å². The normalized spacial score (nSPS) is 10.8. The number of amides is 1. The SMILES string of the molecule is COC(=O)c1ccc(OCC(=O)NCC(F)(F)F)cc1. The highest BCUT2D eigenvalue weighted by Gasteiger charge is 2.27. The Kier molecular flexibility index (Phi) is 5.36. The summed E-state index contributed by atoms with van der Waals surface area (Å²) in [5, 5.41) is 1.67. The average molecular weight is 291 g/mol. The van der Waals surface area contributed by atoms with Crippen LogP contribution in [0.5, 0.6) is 5.75 Å². The highest BCUT2D eigenvalue weighted by molar-refractivity contribution is 5.89. The van der Waals surface area contributed by atoms with Gasteiger partial charge in [0.1, 0.15) is 12.3 Å². The highest BCUT2D eigenvalue weighted by Crippen LogP contribution is 2.13. The molecule has 1 amide bonds. The first-order valence-electron chi connectivity index (χ1n) is 5.46. The second-order valence-electron chi connectivity index (χ2n) is 3.70. The van der Waals surface area contributed by atoms with Crippen LogP contribution in [0.4, 0.5) is 13.2 Å². The molecule has 0 aliphatic heterocycles. The van der Waals surface area contributed by atoms with Crippen LogP contribution in [0.1, 0.15) is 10.4 Å². The molecule has 0 saturated heterocycles. The number of carbonyl (C=O) groups excluding carboxylic acids is 2. The maximum absolute atomic E-state index is 11.8. The molecule has 0 heterocycles. The lowest BCUT2D eigenvalue weighted by Crippen LogP contribution is -2.36. The molecule has 0 unspecified atom stereocenters. The molecule has 0 saturated carbocycles. The largest absolute Gasteiger partial charge is 0.484 e. The third-order valence-electron chi connectivity index (χ3n) is 2.13. The number of esters is 1. The van der Waals surface area contributed by atoms with E-state index in [1.165, 1.54) is 31.4 Å². The van der Waals surface area contributed by atoms with Crippen LogP contribution in [-0.4, -0.2) is 38.3 Å². The van der Waals surface area contributed by atoms with Crippen molar-refractivity contribution in [3.63, 3.8) is 0 Å². The Morgan fingerprint density at radius 1 is 1.20 bits per heavy atom. The standard InChI is InChI=1S/C12H12F3NO4/c1-19-11(18)8-2-4-9(5-3-8)20-6-10(17)16-7-12(13,14)15/h2-5H,6-7H2,1H3,(H,16,17). The Labute approximate surface area is 112 Å². The number of methoxy groups -OCH3 is 1. The molecule has 5 nitrogen and oxygen atoms in total. The number of hydrogen-bond donors (Lipinski definition) is 1. The molecule has 0 bridgehead atoms. The number of alkyl halides is 3. The van der Waals surface area contributed by atoms with Gasteiger partial charge in [-0.25, -0.2) is 4.79 Å². The van der Waals surface area contributed by atoms with Crippen molar-refractivity contribution in [1.82, 2.24) is 5.32 Å². The second-order valence-corrected chi connectivity index (χ2v) is 3.70.